The zero-order valence-corrected chi connectivity index (χ0v) is 11.2. The number of hydrogen-bond acceptors (Lipinski definition) is 3. The number of fused-ring (bicyclic) bond motifs is 1. The van der Waals surface area contributed by atoms with E-state index in [9.17, 15) is 14.7 Å². The Morgan fingerprint density at radius 1 is 1.25 bits per heavy atom. The van der Waals surface area contributed by atoms with Gasteiger partial charge in [0.1, 0.15) is 5.92 Å². The maximum absolute atomic E-state index is 12.6. The second kappa shape index (κ2) is 5.25. The first kappa shape index (κ1) is 13.1. The number of nitrogens with zero attached hydrogens (tertiary/aromatic N) is 1. The number of aliphatic carboxylic acids is 1. The number of carbonyl (C=O) groups excluding carboxylic acids is 1. The summed E-state index contributed by atoms with van der Waals surface area (Å²) in [4.78, 5) is 25.6. The summed E-state index contributed by atoms with van der Waals surface area (Å²) in [5.74, 6) is -1.48. The Morgan fingerprint density at radius 3 is 2.75 bits per heavy atom. The van der Waals surface area contributed by atoms with Gasteiger partial charge in [0, 0.05) is 12.2 Å². The molecule has 2 heterocycles. The molecule has 1 aromatic rings. The van der Waals surface area contributed by atoms with Crippen LogP contribution >= 0.6 is 0 Å². The summed E-state index contributed by atoms with van der Waals surface area (Å²) in [6, 6.07) is 7.12. The van der Waals surface area contributed by atoms with Crippen molar-refractivity contribution in [2.45, 2.75) is 31.2 Å². The van der Waals surface area contributed by atoms with Gasteiger partial charge in [-0.15, -0.1) is 0 Å². The number of carboxylic acids is 1. The van der Waals surface area contributed by atoms with Crippen LogP contribution in [0.2, 0.25) is 0 Å². The maximum Gasteiger partial charge on any atom is 0.312 e. The van der Waals surface area contributed by atoms with Gasteiger partial charge in [-0.1, -0.05) is 24.6 Å². The average Bonchev–Trinajstić information content (AvgIpc) is 2.87. The van der Waals surface area contributed by atoms with Gasteiger partial charge in [0.15, 0.2) is 0 Å². The molecule has 2 aliphatic rings. The number of nitrogens with one attached hydrogen (secondary N) is 1. The van der Waals surface area contributed by atoms with Gasteiger partial charge < -0.3 is 15.3 Å². The largest absolute Gasteiger partial charge is 0.481 e. The van der Waals surface area contributed by atoms with Crippen molar-refractivity contribution in [3.63, 3.8) is 0 Å². The van der Waals surface area contributed by atoms with Crippen LogP contribution in [0.3, 0.4) is 0 Å². The molecule has 0 spiro atoms. The molecule has 1 fully saturated rings. The highest BCUT2D eigenvalue weighted by molar-refractivity contribution is 6.01. The highest BCUT2D eigenvalue weighted by Crippen LogP contribution is 2.36. The van der Waals surface area contributed by atoms with Gasteiger partial charge in [-0.2, -0.15) is 0 Å². The molecule has 1 aromatic carbocycles. The molecule has 5 heteroatoms. The van der Waals surface area contributed by atoms with Crippen molar-refractivity contribution in [2.24, 2.45) is 0 Å². The molecule has 0 aliphatic carbocycles. The highest BCUT2D eigenvalue weighted by Gasteiger charge is 2.38. The van der Waals surface area contributed by atoms with E-state index in [0.717, 1.165) is 37.1 Å². The Balaban J connectivity index is 1.87. The monoisotopic (exact) mass is 274 g/mol. The quantitative estimate of drug-likeness (QED) is 0.854. The summed E-state index contributed by atoms with van der Waals surface area (Å²) in [6.45, 7) is 1.10. The van der Waals surface area contributed by atoms with E-state index in [0.29, 0.717) is 0 Å². The van der Waals surface area contributed by atoms with Crippen molar-refractivity contribution in [3.8, 4) is 0 Å². The minimum Gasteiger partial charge on any atom is -0.481 e. The second-order valence-electron chi connectivity index (χ2n) is 5.40. The van der Waals surface area contributed by atoms with E-state index in [1.54, 1.807) is 11.0 Å². The van der Waals surface area contributed by atoms with Crippen molar-refractivity contribution in [1.82, 2.24) is 5.32 Å². The number of carboxylic acid groups (broad SMARTS) is 1. The summed E-state index contributed by atoms with van der Waals surface area (Å²) in [7, 11) is 0. The van der Waals surface area contributed by atoms with Crippen molar-refractivity contribution >= 4 is 17.6 Å². The van der Waals surface area contributed by atoms with E-state index >= 15 is 0 Å². The van der Waals surface area contributed by atoms with E-state index in [4.69, 9.17) is 0 Å². The lowest BCUT2D eigenvalue weighted by atomic mass is 10.0. The summed E-state index contributed by atoms with van der Waals surface area (Å²) < 4.78 is 0. The number of anilines is 1. The SMILES string of the molecule is O=C(O)C1CN(C(=O)C2CCCCN2)c2ccccc21. The van der Waals surface area contributed by atoms with E-state index in [2.05, 4.69) is 5.32 Å². The first-order valence-electron chi connectivity index (χ1n) is 7.05. The number of benzene rings is 1. The zero-order chi connectivity index (χ0) is 14.1. The molecule has 2 atom stereocenters. The number of carbonyl (C=O) groups is 2. The van der Waals surface area contributed by atoms with Crippen LogP contribution in [0.5, 0.6) is 0 Å². The van der Waals surface area contributed by atoms with Gasteiger partial charge in [-0.05, 0) is 31.0 Å². The molecular weight excluding hydrogens is 256 g/mol. The molecule has 2 aliphatic heterocycles. The molecule has 106 valence electrons. The van der Waals surface area contributed by atoms with Crippen LogP contribution in [0.1, 0.15) is 30.7 Å². The van der Waals surface area contributed by atoms with Crippen molar-refractivity contribution in [1.29, 1.82) is 0 Å². The van der Waals surface area contributed by atoms with E-state index < -0.39 is 11.9 Å². The van der Waals surface area contributed by atoms with Crippen molar-refractivity contribution < 1.29 is 14.7 Å². The number of para-hydroxylation sites is 1. The fraction of sp³-hybridized carbons (Fsp3) is 0.467. The lowest BCUT2D eigenvalue weighted by Gasteiger charge is -2.27. The second-order valence-corrected chi connectivity index (χ2v) is 5.40. The van der Waals surface area contributed by atoms with E-state index in [1.807, 2.05) is 18.2 Å². The fourth-order valence-corrected chi connectivity index (χ4v) is 3.08. The maximum atomic E-state index is 12.6. The Labute approximate surface area is 117 Å². The number of piperidine rings is 1. The van der Waals surface area contributed by atoms with Crippen molar-refractivity contribution in [2.75, 3.05) is 18.0 Å². The molecule has 20 heavy (non-hydrogen) atoms. The van der Waals surface area contributed by atoms with Gasteiger partial charge in [-0.25, -0.2) is 0 Å². The third-order valence-electron chi connectivity index (χ3n) is 4.14. The molecule has 1 saturated heterocycles. The highest BCUT2D eigenvalue weighted by atomic mass is 16.4. The molecule has 2 N–H and O–H groups in total. The fourth-order valence-electron chi connectivity index (χ4n) is 3.08. The minimum atomic E-state index is -0.871. The molecule has 0 aromatic heterocycles. The molecule has 5 nitrogen and oxygen atoms in total. The topological polar surface area (TPSA) is 69.6 Å². The van der Waals surface area contributed by atoms with Crippen LogP contribution in [0, 0.1) is 0 Å². The van der Waals surface area contributed by atoms with Crippen LogP contribution in [-0.4, -0.2) is 36.1 Å². The van der Waals surface area contributed by atoms with Gasteiger partial charge in [-0.3, -0.25) is 9.59 Å². The lowest BCUT2D eigenvalue weighted by molar-refractivity contribution is -0.138. The van der Waals surface area contributed by atoms with E-state index in [1.165, 1.54) is 0 Å². The predicted molar refractivity (Wildman–Crippen MR) is 74.8 cm³/mol. The third kappa shape index (κ3) is 2.18. The van der Waals surface area contributed by atoms with Gasteiger partial charge in [0.05, 0.1) is 6.04 Å². The van der Waals surface area contributed by atoms with Crippen LogP contribution in [-0.2, 0) is 9.59 Å². The number of amides is 1. The summed E-state index contributed by atoms with van der Waals surface area (Å²) in [5.41, 5.74) is 1.49. The molecular formula is C15H18N2O3. The molecule has 0 bridgehead atoms. The smallest absolute Gasteiger partial charge is 0.312 e. The zero-order valence-electron chi connectivity index (χ0n) is 11.2. The first-order valence-corrected chi connectivity index (χ1v) is 7.05. The third-order valence-corrected chi connectivity index (χ3v) is 4.14. The molecule has 1 amide bonds. The molecule has 2 unspecified atom stereocenters. The van der Waals surface area contributed by atoms with Gasteiger partial charge in [0.2, 0.25) is 5.91 Å². The summed E-state index contributed by atoms with van der Waals surface area (Å²) >= 11 is 0. The molecule has 3 rings (SSSR count). The normalized spacial score (nSPS) is 25.3. The number of hydrogen-bond donors (Lipinski definition) is 2. The first-order chi connectivity index (χ1) is 9.68. The van der Waals surface area contributed by atoms with Gasteiger partial charge >= 0.3 is 5.97 Å². The average molecular weight is 274 g/mol. The minimum absolute atomic E-state index is 0.000833. The van der Waals surface area contributed by atoms with Crippen LogP contribution in [0.4, 0.5) is 5.69 Å². The van der Waals surface area contributed by atoms with Crippen LogP contribution in [0.15, 0.2) is 24.3 Å². The number of rotatable bonds is 2. The Hall–Kier alpha value is -1.88. The van der Waals surface area contributed by atoms with Gasteiger partial charge in [0.25, 0.3) is 0 Å². The lowest BCUT2D eigenvalue weighted by Crippen LogP contribution is -2.48. The molecule has 0 saturated carbocycles. The van der Waals surface area contributed by atoms with E-state index in [-0.39, 0.29) is 18.5 Å². The van der Waals surface area contributed by atoms with Crippen LogP contribution < -0.4 is 10.2 Å². The summed E-state index contributed by atoms with van der Waals surface area (Å²) in [5, 5.41) is 12.5. The predicted octanol–water partition coefficient (Wildman–Crippen LogP) is 1.34. The summed E-state index contributed by atoms with van der Waals surface area (Å²) in [6.07, 6.45) is 2.97. The Kier molecular flexibility index (Phi) is 3.44. The van der Waals surface area contributed by atoms with Crippen LogP contribution in [0.25, 0.3) is 0 Å². The molecule has 0 radical (unpaired) electrons. The Morgan fingerprint density at radius 2 is 2.05 bits per heavy atom. The standard InChI is InChI=1S/C15H18N2O3/c18-14(12-6-3-4-8-16-12)17-9-11(15(19)20)10-5-1-2-7-13(10)17/h1-2,5,7,11-12,16H,3-4,6,8-9H2,(H,19,20). The Bertz CT molecular complexity index is 538. The van der Waals surface area contributed by atoms with Crippen molar-refractivity contribution in [3.05, 3.63) is 29.8 Å².